The second-order valence-electron chi connectivity index (χ2n) is 3.89. The molecular weight excluding hydrogens is 234 g/mol. The number of rotatable bonds is 1. The maximum Gasteiger partial charge on any atom is 0.178 e. The molecule has 2 aromatic heterocycles. The summed E-state index contributed by atoms with van der Waals surface area (Å²) in [7, 11) is 0. The monoisotopic (exact) mass is 243 g/mol. The normalized spacial score (nSPS) is 10.9. The number of halogens is 1. The van der Waals surface area contributed by atoms with Gasteiger partial charge in [-0.05, 0) is 30.7 Å². The Bertz CT molecular complexity index is 688. The van der Waals surface area contributed by atoms with Gasteiger partial charge in [-0.2, -0.15) is 0 Å². The highest BCUT2D eigenvalue weighted by Crippen LogP contribution is 2.27. The molecule has 0 aliphatic heterocycles. The highest BCUT2D eigenvalue weighted by molar-refractivity contribution is 6.33. The van der Waals surface area contributed by atoms with E-state index in [0.717, 1.165) is 28.1 Å². The molecule has 0 amide bonds. The second-order valence-corrected chi connectivity index (χ2v) is 4.30. The molecule has 0 unspecified atom stereocenters. The van der Waals surface area contributed by atoms with Gasteiger partial charge in [0.15, 0.2) is 5.65 Å². The number of nitrogens with one attached hydrogen (secondary N) is 1. The Morgan fingerprint density at radius 2 is 2.00 bits per heavy atom. The van der Waals surface area contributed by atoms with Gasteiger partial charge in [0.05, 0.1) is 10.5 Å². The molecular formula is C13H10ClN3. The Kier molecular flexibility index (Phi) is 2.34. The van der Waals surface area contributed by atoms with E-state index >= 15 is 0 Å². The molecule has 0 bridgehead atoms. The van der Waals surface area contributed by atoms with E-state index in [9.17, 15) is 0 Å². The van der Waals surface area contributed by atoms with Crippen molar-refractivity contribution in [2.45, 2.75) is 6.92 Å². The number of nitrogens with zero attached hydrogens (tertiary/aromatic N) is 2. The fourth-order valence-electron chi connectivity index (χ4n) is 1.82. The molecule has 17 heavy (non-hydrogen) atoms. The fourth-order valence-corrected chi connectivity index (χ4v) is 2.04. The first-order chi connectivity index (χ1) is 8.25. The molecule has 0 radical (unpaired) electrons. The summed E-state index contributed by atoms with van der Waals surface area (Å²) in [4.78, 5) is 11.9. The van der Waals surface area contributed by atoms with Crippen LogP contribution in [0.25, 0.3) is 22.6 Å². The first kappa shape index (κ1) is 10.3. The summed E-state index contributed by atoms with van der Waals surface area (Å²) in [6, 6.07) is 9.59. The van der Waals surface area contributed by atoms with Crippen LogP contribution in [0.5, 0.6) is 0 Å². The Morgan fingerprint density at radius 3 is 2.76 bits per heavy atom. The van der Waals surface area contributed by atoms with Crippen molar-refractivity contribution in [3.05, 3.63) is 47.1 Å². The standard InChI is InChI=1S/C13H10ClN3/c1-8-6-7-15-13-11(8)16-12(17-13)9-4-2-3-5-10(9)14/h2-7H,1H3,(H,15,16,17). The largest absolute Gasteiger partial charge is 0.336 e. The maximum absolute atomic E-state index is 6.15. The minimum Gasteiger partial charge on any atom is -0.336 e. The molecule has 0 atom stereocenters. The van der Waals surface area contributed by atoms with Crippen molar-refractivity contribution in [3.8, 4) is 11.4 Å². The van der Waals surface area contributed by atoms with E-state index in [2.05, 4.69) is 15.0 Å². The number of benzene rings is 1. The fraction of sp³-hybridized carbons (Fsp3) is 0.0769. The number of hydrogen-bond acceptors (Lipinski definition) is 2. The minimum atomic E-state index is 0.684. The minimum absolute atomic E-state index is 0.684. The molecule has 2 heterocycles. The van der Waals surface area contributed by atoms with Gasteiger partial charge in [-0.3, -0.25) is 0 Å². The summed E-state index contributed by atoms with van der Waals surface area (Å²) in [5, 5.41) is 0.684. The van der Waals surface area contributed by atoms with Gasteiger partial charge in [-0.1, -0.05) is 23.7 Å². The third-order valence-electron chi connectivity index (χ3n) is 2.73. The first-order valence-corrected chi connectivity index (χ1v) is 5.70. The van der Waals surface area contributed by atoms with Crippen molar-refractivity contribution in [3.63, 3.8) is 0 Å². The predicted molar refractivity (Wildman–Crippen MR) is 69.1 cm³/mol. The van der Waals surface area contributed by atoms with Gasteiger partial charge in [-0.25, -0.2) is 9.97 Å². The number of fused-ring (bicyclic) bond motifs is 1. The van der Waals surface area contributed by atoms with Crippen LogP contribution in [0.2, 0.25) is 5.02 Å². The Morgan fingerprint density at radius 1 is 1.18 bits per heavy atom. The van der Waals surface area contributed by atoms with Crippen LogP contribution in [0, 0.1) is 6.92 Å². The second kappa shape index (κ2) is 3.86. The molecule has 3 aromatic rings. The number of aryl methyl sites for hydroxylation is 1. The van der Waals surface area contributed by atoms with Gasteiger partial charge in [0, 0.05) is 11.8 Å². The van der Waals surface area contributed by atoms with Crippen molar-refractivity contribution in [2.24, 2.45) is 0 Å². The summed E-state index contributed by atoms with van der Waals surface area (Å²) in [6.07, 6.45) is 1.76. The van der Waals surface area contributed by atoms with E-state index in [0.29, 0.717) is 5.02 Å². The number of aromatic amines is 1. The summed E-state index contributed by atoms with van der Waals surface area (Å²) in [5.41, 5.74) is 3.70. The lowest BCUT2D eigenvalue weighted by atomic mass is 10.2. The molecule has 84 valence electrons. The zero-order chi connectivity index (χ0) is 11.8. The van der Waals surface area contributed by atoms with E-state index < -0.39 is 0 Å². The van der Waals surface area contributed by atoms with Crippen LogP contribution in [0.15, 0.2) is 36.5 Å². The lowest BCUT2D eigenvalue weighted by molar-refractivity contribution is 1.30. The molecule has 0 aliphatic rings. The topological polar surface area (TPSA) is 41.6 Å². The van der Waals surface area contributed by atoms with Crippen molar-refractivity contribution in [1.29, 1.82) is 0 Å². The summed E-state index contributed by atoms with van der Waals surface area (Å²) in [6.45, 7) is 2.03. The maximum atomic E-state index is 6.15. The van der Waals surface area contributed by atoms with Crippen LogP contribution >= 0.6 is 11.6 Å². The Labute approximate surface area is 103 Å². The summed E-state index contributed by atoms with van der Waals surface area (Å²) >= 11 is 6.15. The Hall–Kier alpha value is -1.87. The van der Waals surface area contributed by atoms with Crippen molar-refractivity contribution >= 4 is 22.8 Å². The van der Waals surface area contributed by atoms with E-state index in [-0.39, 0.29) is 0 Å². The first-order valence-electron chi connectivity index (χ1n) is 5.32. The lowest BCUT2D eigenvalue weighted by Crippen LogP contribution is -1.81. The number of pyridine rings is 1. The van der Waals surface area contributed by atoms with Crippen molar-refractivity contribution in [2.75, 3.05) is 0 Å². The summed E-state index contributed by atoms with van der Waals surface area (Å²) < 4.78 is 0. The molecule has 3 nitrogen and oxygen atoms in total. The third-order valence-corrected chi connectivity index (χ3v) is 3.06. The molecule has 0 fully saturated rings. The van der Waals surface area contributed by atoms with Crippen molar-refractivity contribution in [1.82, 2.24) is 15.0 Å². The van der Waals surface area contributed by atoms with E-state index in [4.69, 9.17) is 11.6 Å². The number of imidazole rings is 1. The van der Waals surface area contributed by atoms with Crippen LogP contribution < -0.4 is 0 Å². The van der Waals surface area contributed by atoms with Gasteiger partial charge in [-0.15, -0.1) is 0 Å². The lowest BCUT2D eigenvalue weighted by Gasteiger charge is -1.98. The highest BCUT2D eigenvalue weighted by Gasteiger charge is 2.09. The number of H-pyrrole nitrogens is 1. The van der Waals surface area contributed by atoms with E-state index in [1.807, 2.05) is 37.3 Å². The third kappa shape index (κ3) is 1.68. The molecule has 0 saturated heterocycles. The molecule has 1 N–H and O–H groups in total. The number of aromatic nitrogens is 3. The zero-order valence-corrected chi connectivity index (χ0v) is 9.99. The predicted octanol–water partition coefficient (Wildman–Crippen LogP) is 3.59. The molecule has 4 heteroatoms. The summed E-state index contributed by atoms with van der Waals surface area (Å²) in [5.74, 6) is 0.757. The van der Waals surface area contributed by atoms with Crippen LogP contribution in [0.4, 0.5) is 0 Å². The quantitative estimate of drug-likeness (QED) is 0.710. The van der Waals surface area contributed by atoms with Gasteiger partial charge in [0.2, 0.25) is 0 Å². The molecule has 0 aliphatic carbocycles. The smallest absolute Gasteiger partial charge is 0.178 e. The average molecular weight is 244 g/mol. The van der Waals surface area contributed by atoms with Crippen LogP contribution in [0.1, 0.15) is 5.56 Å². The van der Waals surface area contributed by atoms with Gasteiger partial charge < -0.3 is 4.98 Å². The van der Waals surface area contributed by atoms with Crippen LogP contribution in [-0.4, -0.2) is 15.0 Å². The van der Waals surface area contributed by atoms with Crippen molar-refractivity contribution < 1.29 is 0 Å². The molecule has 1 aromatic carbocycles. The van der Waals surface area contributed by atoms with Gasteiger partial charge in [0.1, 0.15) is 5.82 Å². The van der Waals surface area contributed by atoms with Crippen LogP contribution in [0.3, 0.4) is 0 Å². The van der Waals surface area contributed by atoms with Gasteiger partial charge >= 0.3 is 0 Å². The van der Waals surface area contributed by atoms with Crippen LogP contribution in [-0.2, 0) is 0 Å². The van der Waals surface area contributed by atoms with E-state index in [1.54, 1.807) is 6.20 Å². The van der Waals surface area contributed by atoms with E-state index in [1.165, 1.54) is 0 Å². The Balaban J connectivity index is 2.26. The molecule has 0 saturated carbocycles. The number of hydrogen-bond donors (Lipinski definition) is 1. The highest BCUT2D eigenvalue weighted by atomic mass is 35.5. The van der Waals surface area contributed by atoms with Gasteiger partial charge in [0.25, 0.3) is 0 Å². The molecule has 0 spiro atoms. The molecule has 3 rings (SSSR count). The average Bonchev–Trinajstić information content (AvgIpc) is 2.75. The SMILES string of the molecule is Cc1ccnc2nc(-c3ccccc3Cl)[nH]c12. The zero-order valence-electron chi connectivity index (χ0n) is 9.24.